The van der Waals surface area contributed by atoms with Crippen LogP contribution in [-0.2, 0) is 9.59 Å². The lowest BCUT2D eigenvalue weighted by atomic mass is 10.2. The molecule has 3 heterocycles. The number of anilines is 1. The standard InChI is InChI=1S/C22H19FN4O3S/c23-17-13-15(5-7-19(17)30-16-3-1-9-24-14-16)6-8-20(28)27-11-2-4-18(27)21(29)26-22-25-10-12-31-22/h1,3,5-10,12-14,18H,2,4,11H2,(H,25,26,29)/b8-6+. The number of thiazole rings is 1. The number of ether oxygens (including phenoxy) is 1. The number of halogens is 1. The molecule has 1 saturated heterocycles. The van der Waals surface area contributed by atoms with Crippen LogP contribution in [-0.4, -0.2) is 39.3 Å². The number of nitrogens with zero attached hydrogens (tertiary/aromatic N) is 3. The van der Waals surface area contributed by atoms with Crippen molar-refractivity contribution in [1.82, 2.24) is 14.9 Å². The minimum Gasteiger partial charge on any atom is -0.453 e. The molecular formula is C22H19FN4O3S. The number of hydrogen-bond donors (Lipinski definition) is 1. The van der Waals surface area contributed by atoms with Crippen molar-refractivity contribution in [3.05, 3.63) is 71.8 Å². The highest BCUT2D eigenvalue weighted by Gasteiger charge is 2.33. The maximum atomic E-state index is 14.4. The molecule has 158 valence electrons. The van der Waals surface area contributed by atoms with E-state index in [2.05, 4.69) is 15.3 Å². The first kappa shape index (κ1) is 20.7. The zero-order chi connectivity index (χ0) is 21.6. The number of aromatic nitrogens is 2. The average molecular weight is 438 g/mol. The highest BCUT2D eigenvalue weighted by molar-refractivity contribution is 7.13. The molecule has 31 heavy (non-hydrogen) atoms. The third-order valence-corrected chi connectivity index (χ3v) is 5.43. The molecule has 1 N–H and O–H groups in total. The van der Waals surface area contributed by atoms with Crippen molar-refractivity contribution in [2.45, 2.75) is 18.9 Å². The van der Waals surface area contributed by atoms with Gasteiger partial charge in [-0.05, 0) is 48.7 Å². The van der Waals surface area contributed by atoms with E-state index in [9.17, 15) is 14.0 Å². The summed E-state index contributed by atoms with van der Waals surface area (Å²) < 4.78 is 19.8. The fourth-order valence-corrected chi connectivity index (χ4v) is 3.81. The van der Waals surface area contributed by atoms with Gasteiger partial charge in [0.15, 0.2) is 16.7 Å². The zero-order valence-corrected chi connectivity index (χ0v) is 17.2. The molecule has 0 spiro atoms. The van der Waals surface area contributed by atoms with Crippen molar-refractivity contribution >= 4 is 34.4 Å². The van der Waals surface area contributed by atoms with Crippen molar-refractivity contribution in [2.24, 2.45) is 0 Å². The summed E-state index contributed by atoms with van der Waals surface area (Å²) >= 11 is 1.32. The number of nitrogens with one attached hydrogen (secondary N) is 1. The van der Waals surface area contributed by atoms with Gasteiger partial charge in [0.2, 0.25) is 11.8 Å². The Morgan fingerprint density at radius 1 is 1.29 bits per heavy atom. The summed E-state index contributed by atoms with van der Waals surface area (Å²) in [5.74, 6) is -0.615. The Morgan fingerprint density at radius 3 is 2.94 bits per heavy atom. The maximum absolute atomic E-state index is 14.4. The van der Waals surface area contributed by atoms with Crippen molar-refractivity contribution in [1.29, 1.82) is 0 Å². The minimum atomic E-state index is -0.555. The summed E-state index contributed by atoms with van der Waals surface area (Å²) in [5.41, 5.74) is 0.507. The van der Waals surface area contributed by atoms with Gasteiger partial charge in [-0.25, -0.2) is 9.37 Å². The topological polar surface area (TPSA) is 84.4 Å². The van der Waals surface area contributed by atoms with Crippen molar-refractivity contribution < 1.29 is 18.7 Å². The summed E-state index contributed by atoms with van der Waals surface area (Å²) in [5, 5.41) is 5.01. The zero-order valence-electron chi connectivity index (χ0n) is 16.4. The van der Waals surface area contributed by atoms with Crippen LogP contribution in [0.4, 0.5) is 9.52 Å². The molecule has 4 rings (SSSR count). The Morgan fingerprint density at radius 2 is 2.19 bits per heavy atom. The molecule has 9 heteroatoms. The lowest BCUT2D eigenvalue weighted by Gasteiger charge is -2.22. The van der Waals surface area contributed by atoms with E-state index in [1.54, 1.807) is 36.0 Å². The Bertz CT molecular complexity index is 1090. The van der Waals surface area contributed by atoms with E-state index >= 15 is 0 Å². The van der Waals surface area contributed by atoms with Crippen LogP contribution in [0.3, 0.4) is 0 Å². The molecule has 1 aliphatic heterocycles. The third-order valence-electron chi connectivity index (χ3n) is 4.74. The fourth-order valence-electron chi connectivity index (χ4n) is 3.28. The second-order valence-electron chi connectivity index (χ2n) is 6.83. The number of carbonyl (C=O) groups is 2. The second kappa shape index (κ2) is 9.48. The summed E-state index contributed by atoms with van der Waals surface area (Å²) in [4.78, 5) is 34.6. The molecule has 7 nitrogen and oxygen atoms in total. The van der Waals surface area contributed by atoms with Crippen LogP contribution in [0.15, 0.2) is 60.4 Å². The lowest BCUT2D eigenvalue weighted by molar-refractivity contribution is -0.132. The van der Waals surface area contributed by atoms with Gasteiger partial charge in [0.1, 0.15) is 11.8 Å². The summed E-state index contributed by atoms with van der Waals surface area (Å²) in [6.45, 7) is 0.491. The van der Waals surface area contributed by atoms with Gasteiger partial charge in [0, 0.05) is 30.4 Å². The van der Waals surface area contributed by atoms with Crippen LogP contribution in [0, 0.1) is 5.82 Å². The first-order valence-corrected chi connectivity index (χ1v) is 10.5. The predicted octanol–water partition coefficient (Wildman–Crippen LogP) is 4.11. The van der Waals surface area contributed by atoms with E-state index < -0.39 is 11.9 Å². The van der Waals surface area contributed by atoms with Crippen LogP contribution >= 0.6 is 11.3 Å². The number of benzene rings is 1. The van der Waals surface area contributed by atoms with E-state index in [-0.39, 0.29) is 17.6 Å². The van der Waals surface area contributed by atoms with Crippen molar-refractivity contribution in [3.63, 3.8) is 0 Å². The Balaban J connectivity index is 1.40. The molecule has 0 radical (unpaired) electrons. The first-order valence-electron chi connectivity index (χ1n) is 9.66. The number of likely N-dealkylation sites (tertiary alicyclic amines) is 1. The predicted molar refractivity (Wildman–Crippen MR) is 115 cm³/mol. The van der Waals surface area contributed by atoms with E-state index in [0.717, 1.165) is 6.42 Å². The Kier molecular flexibility index (Phi) is 6.32. The van der Waals surface area contributed by atoms with Crippen LogP contribution < -0.4 is 10.1 Å². The fraction of sp³-hybridized carbons (Fsp3) is 0.182. The van der Waals surface area contributed by atoms with Gasteiger partial charge in [-0.1, -0.05) is 6.07 Å². The van der Waals surface area contributed by atoms with Gasteiger partial charge in [-0.3, -0.25) is 14.6 Å². The van der Waals surface area contributed by atoms with E-state index in [1.165, 1.54) is 46.7 Å². The molecule has 0 saturated carbocycles. The summed E-state index contributed by atoms with van der Waals surface area (Å²) in [6, 6.07) is 7.25. The molecular weight excluding hydrogens is 419 g/mol. The average Bonchev–Trinajstić information content (AvgIpc) is 3.46. The number of amides is 2. The molecule has 0 bridgehead atoms. The molecule has 2 amide bonds. The van der Waals surface area contributed by atoms with Crippen molar-refractivity contribution in [3.8, 4) is 11.5 Å². The molecule has 2 aromatic heterocycles. The normalized spacial score (nSPS) is 15.9. The van der Waals surface area contributed by atoms with Gasteiger partial charge < -0.3 is 15.0 Å². The molecule has 0 aliphatic carbocycles. The number of rotatable bonds is 6. The molecule has 3 aromatic rings. The van der Waals surface area contributed by atoms with Gasteiger partial charge in [0.05, 0.1) is 6.20 Å². The highest BCUT2D eigenvalue weighted by Crippen LogP contribution is 2.25. The van der Waals surface area contributed by atoms with Gasteiger partial charge in [-0.15, -0.1) is 11.3 Å². The summed E-state index contributed by atoms with van der Waals surface area (Å²) in [7, 11) is 0. The quantitative estimate of drug-likeness (QED) is 0.586. The van der Waals surface area contributed by atoms with Crippen LogP contribution in [0.1, 0.15) is 18.4 Å². The highest BCUT2D eigenvalue weighted by atomic mass is 32.1. The monoisotopic (exact) mass is 438 g/mol. The number of hydrogen-bond acceptors (Lipinski definition) is 6. The van der Waals surface area contributed by atoms with Crippen LogP contribution in [0.5, 0.6) is 11.5 Å². The van der Waals surface area contributed by atoms with E-state index in [4.69, 9.17) is 4.74 Å². The van der Waals surface area contributed by atoms with Crippen molar-refractivity contribution in [2.75, 3.05) is 11.9 Å². The SMILES string of the molecule is O=C(Nc1nccs1)C1CCCN1C(=O)/C=C/c1ccc(Oc2cccnc2)c(F)c1. The molecule has 1 aliphatic rings. The summed E-state index contributed by atoms with van der Waals surface area (Å²) in [6.07, 6.45) is 8.90. The number of carbonyl (C=O) groups excluding carboxylic acids is 2. The second-order valence-corrected chi connectivity index (χ2v) is 7.72. The smallest absolute Gasteiger partial charge is 0.248 e. The van der Waals surface area contributed by atoms with Gasteiger partial charge in [0.25, 0.3) is 0 Å². The lowest BCUT2D eigenvalue weighted by Crippen LogP contribution is -2.42. The van der Waals surface area contributed by atoms with Crippen LogP contribution in [0.2, 0.25) is 0 Å². The van der Waals surface area contributed by atoms with E-state index in [1.807, 2.05) is 0 Å². The van der Waals surface area contributed by atoms with E-state index in [0.29, 0.717) is 29.4 Å². The third kappa shape index (κ3) is 5.13. The van der Waals surface area contributed by atoms with Gasteiger partial charge in [-0.2, -0.15) is 0 Å². The molecule has 1 atom stereocenters. The molecule has 1 fully saturated rings. The molecule has 1 aromatic carbocycles. The van der Waals surface area contributed by atoms with Crippen LogP contribution in [0.25, 0.3) is 6.08 Å². The Hall–Kier alpha value is -3.59. The largest absolute Gasteiger partial charge is 0.453 e. The van der Waals surface area contributed by atoms with Gasteiger partial charge >= 0.3 is 0 Å². The Labute approximate surface area is 182 Å². The maximum Gasteiger partial charge on any atom is 0.248 e. The minimum absolute atomic E-state index is 0.0648. The first-order chi connectivity index (χ1) is 15.1. The molecule has 1 unspecified atom stereocenters. The number of pyridine rings is 1.